The minimum absolute atomic E-state index is 0.0251. The molecule has 0 aliphatic carbocycles. The number of halogens is 6. The molecule has 2 heterocycles. The van der Waals surface area contributed by atoms with Crippen molar-refractivity contribution in [1.29, 1.82) is 0 Å². The predicted octanol–water partition coefficient (Wildman–Crippen LogP) is 6.54. The van der Waals surface area contributed by atoms with Crippen LogP contribution in [0, 0.1) is 0 Å². The van der Waals surface area contributed by atoms with Crippen LogP contribution in [0.15, 0.2) is 47.0 Å². The summed E-state index contributed by atoms with van der Waals surface area (Å²) in [6.45, 7) is 3.02. The van der Waals surface area contributed by atoms with Crippen LogP contribution in [0.25, 0.3) is 23.6 Å². The molecular weight excluding hydrogens is 448 g/mol. The van der Waals surface area contributed by atoms with Crippen LogP contribution in [0.5, 0.6) is 0 Å². The van der Waals surface area contributed by atoms with E-state index in [9.17, 15) is 26.3 Å². The predicted molar refractivity (Wildman–Crippen MR) is 110 cm³/mol. The van der Waals surface area contributed by atoms with Crippen LogP contribution in [0.1, 0.15) is 40.9 Å². The first-order chi connectivity index (χ1) is 15.6. The SMILES string of the molecule is FC(F)(F)c1cc(/C=C\c2noc(-c3ccc(CN4CCCC4)cc3)n2)cc(C(F)(F)F)c1. The number of rotatable bonds is 5. The molecule has 1 fully saturated rings. The minimum Gasteiger partial charge on any atom is -0.334 e. The van der Waals surface area contributed by atoms with E-state index in [1.165, 1.54) is 18.9 Å². The second kappa shape index (κ2) is 9.01. The van der Waals surface area contributed by atoms with Gasteiger partial charge in [-0.3, -0.25) is 4.90 Å². The number of nitrogens with zero attached hydrogens (tertiary/aromatic N) is 3. The fraction of sp³-hybridized carbons (Fsp3) is 0.304. The van der Waals surface area contributed by atoms with Crippen molar-refractivity contribution in [3.63, 3.8) is 0 Å². The molecule has 0 N–H and O–H groups in total. The van der Waals surface area contributed by atoms with Gasteiger partial charge in [-0.2, -0.15) is 31.3 Å². The highest BCUT2D eigenvalue weighted by Crippen LogP contribution is 2.36. The van der Waals surface area contributed by atoms with Crippen LogP contribution >= 0.6 is 0 Å². The average molecular weight is 467 g/mol. The van der Waals surface area contributed by atoms with E-state index in [-0.39, 0.29) is 23.3 Å². The second-order valence-corrected chi connectivity index (χ2v) is 7.81. The number of alkyl halides is 6. The molecule has 0 saturated carbocycles. The van der Waals surface area contributed by atoms with Gasteiger partial charge < -0.3 is 4.52 Å². The molecule has 174 valence electrons. The van der Waals surface area contributed by atoms with Gasteiger partial charge in [-0.05, 0) is 73.5 Å². The van der Waals surface area contributed by atoms with Crippen molar-refractivity contribution in [1.82, 2.24) is 15.0 Å². The summed E-state index contributed by atoms with van der Waals surface area (Å²) in [4.78, 5) is 6.52. The third kappa shape index (κ3) is 5.81. The van der Waals surface area contributed by atoms with Gasteiger partial charge in [-0.1, -0.05) is 23.4 Å². The normalized spacial score (nSPS) is 15.6. The molecule has 4 nitrogen and oxygen atoms in total. The Hall–Kier alpha value is -3.14. The monoisotopic (exact) mass is 467 g/mol. The number of aromatic nitrogens is 2. The quantitative estimate of drug-likeness (QED) is 0.400. The first-order valence-corrected chi connectivity index (χ1v) is 10.2. The molecule has 0 bridgehead atoms. The number of hydrogen-bond donors (Lipinski definition) is 0. The average Bonchev–Trinajstić information content (AvgIpc) is 3.44. The summed E-state index contributed by atoms with van der Waals surface area (Å²) in [6.07, 6.45) is -5.14. The number of hydrogen-bond acceptors (Lipinski definition) is 4. The van der Waals surface area contributed by atoms with Gasteiger partial charge >= 0.3 is 12.4 Å². The molecule has 2 aromatic carbocycles. The van der Waals surface area contributed by atoms with Crippen LogP contribution in [0.3, 0.4) is 0 Å². The first kappa shape index (κ1) is 23.0. The number of likely N-dealkylation sites (tertiary alicyclic amines) is 1. The zero-order valence-electron chi connectivity index (χ0n) is 17.2. The molecule has 4 rings (SSSR count). The summed E-state index contributed by atoms with van der Waals surface area (Å²) in [5, 5.41) is 3.73. The molecule has 3 aromatic rings. The lowest BCUT2D eigenvalue weighted by atomic mass is 10.0. The van der Waals surface area contributed by atoms with Crippen molar-refractivity contribution >= 4 is 12.2 Å². The van der Waals surface area contributed by atoms with E-state index in [1.54, 1.807) is 0 Å². The molecule has 10 heteroatoms. The highest BCUT2D eigenvalue weighted by atomic mass is 19.4. The zero-order valence-corrected chi connectivity index (χ0v) is 17.2. The van der Waals surface area contributed by atoms with Gasteiger partial charge in [-0.25, -0.2) is 0 Å². The molecule has 0 spiro atoms. The Kier molecular flexibility index (Phi) is 6.29. The maximum atomic E-state index is 13.0. The van der Waals surface area contributed by atoms with Crippen LogP contribution in [-0.2, 0) is 18.9 Å². The van der Waals surface area contributed by atoms with E-state index < -0.39 is 23.5 Å². The third-order valence-corrected chi connectivity index (χ3v) is 5.28. The largest absolute Gasteiger partial charge is 0.416 e. The lowest BCUT2D eigenvalue weighted by Crippen LogP contribution is -2.18. The van der Waals surface area contributed by atoms with Gasteiger partial charge in [0.25, 0.3) is 5.89 Å². The smallest absolute Gasteiger partial charge is 0.334 e. The van der Waals surface area contributed by atoms with Gasteiger partial charge in [0.2, 0.25) is 0 Å². The summed E-state index contributed by atoms with van der Waals surface area (Å²) < 4.78 is 83.2. The Bertz CT molecular complexity index is 1090. The second-order valence-electron chi connectivity index (χ2n) is 7.81. The van der Waals surface area contributed by atoms with Crippen molar-refractivity contribution in [2.24, 2.45) is 0 Å². The molecule has 33 heavy (non-hydrogen) atoms. The van der Waals surface area contributed by atoms with Crippen LogP contribution in [-0.4, -0.2) is 28.1 Å². The summed E-state index contributed by atoms with van der Waals surface area (Å²) >= 11 is 0. The Labute approximate surface area is 185 Å². The van der Waals surface area contributed by atoms with Gasteiger partial charge in [0.15, 0.2) is 5.82 Å². The van der Waals surface area contributed by atoms with E-state index in [0.29, 0.717) is 17.7 Å². The Morgan fingerprint density at radius 1 is 0.848 bits per heavy atom. The zero-order chi connectivity index (χ0) is 23.6. The molecule has 1 aliphatic rings. The van der Waals surface area contributed by atoms with Crippen molar-refractivity contribution in [3.8, 4) is 11.5 Å². The van der Waals surface area contributed by atoms with Gasteiger partial charge in [0.1, 0.15) is 0 Å². The minimum atomic E-state index is -4.91. The summed E-state index contributed by atoms with van der Waals surface area (Å²) in [7, 11) is 0. The van der Waals surface area contributed by atoms with E-state index in [1.807, 2.05) is 24.3 Å². The third-order valence-electron chi connectivity index (χ3n) is 5.28. The fourth-order valence-corrected chi connectivity index (χ4v) is 3.62. The van der Waals surface area contributed by atoms with Gasteiger partial charge in [-0.15, -0.1) is 0 Å². The van der Waals surface area contributed by atoms with Crippen molar-refractivity contribution in [2.75, 3.05) is 13.1 Å². The molecule has 1 saturated heterocycles. The van der Waals surface area contributed by atoms with E-state index in [0.717, 1.165) is 31.3 Å². The molecule has 0 radical (unpaired) electrons. The topological polar surface area (TPSA) is 42.2 Å². The maximum Gasteiger partial charge on any atom is 0.416 e. The highest BCUT2D eigenvalue weighted by molar-refractivity contribution is 5.68. The lowest BCUT2D eigenvalue weighted by molar-refractivity contribution is -0.143. The van der Waals surface area contributed by atoms with Crippen LogP contribution < -0.4 is 0 Å². The molecule has 1 aromatic heterocycles. The molecule has 0 atom stereocenters. The Morgan fingerprint density at radius 3 is 2.03 bits per heavy atom. The summed E-state index contributed by atoms with van der Waals surface area (Å²) in [5.74, 6) is 0.222. The maximum absolute atomic E-state index is 13.0. The Balaban J connectivity index is 1.51. The van der Waals surface area contributed by atoms with Gasteiger partial charge in [0, 0.05) is 12.1 Å². The van der Waals surface area contributed by atoms with Crippen molar-refractivity contribution in [3.05, 3.63) is 70.5 Å². The number of benzene rings is 2. The van der Waals surface area contributed by atoms with E-state index >= 15 is 0 Å². The van der Waals surface area contributed by atoms with E-state index in [4.69, 9.17) is 4.52 Å². The van der Waals surface area contributed by atoms with Crippen molar-refractivity contribution < 1.29 is 30.9 Å². The summed E-state index contributed by atoms with van der Waals surface area (Å²) in [6, 6.07) is 8.90. The molecule has 1 aliphatic heterocycles. The first-order valence-electron chi connectivity index (χ1n) is 10.2. The summed E-state index contributed by atoms with van der Waals surface area (Å²) in [5.41, 5.74) is -1.26. The fourth-order valence-electron chi connectivity index (χ4n) is 3.62. The molecule has 0 amide bonds. The van der Waals surface area contributed by atoms with Gasteiger partial charge in [0.05, 0.1) is 11.1 Å². The van der Waals surface area contributed by atoms with Crippen LogP contribution in [0.2, 0.25) is 0 Å². The Morgan fingerprint density at radius 2 is 1.45 bits per heavy atom. The highest BCUT2D eigenvalue weighted by Gasteiger charge is 2.36. The standard InChI is InChI=1S/C23H19F6N3O/c24-22(25,26)18-11-16(12-19(13-18)23(27,28)29)5-8-20-30-21(33-31-20)17-6-3-15(4-7-17)14-32-9-1-2-10-32/h3-8,11-13H,1-2,9-10,14H2/b8-5-. The molecular formula is C23H19F6N3O. The molecule has 0 unspecified atom stereocenters. The van der Waals surface area contributed by atoms with Crippen molar-refractivity contribution in [2.45, 2.75) is 31.7 Å². The van der Waals surface area contributed by atoms with Crippen LogP contribution in [0.4, 0.5) is 26.3 Å². The lowest BCUT2D eigenvalue weighted by Gasteiger charge is -2.14. The van der Waals surface area contributed by atoms with E-state index in [2.05, 4.69) is 15.0 Å².